The smallest absolute Gasteiger partial charge is 0.115 e. The molecule has 4 nitrogen and oxygen atoms in total. The van der Waals surface area contributed by atoms with Gasteiger partial charge in [0.25, 0.3) is 0 Å². The molecule has 4 heteroatoms. The molecule has 1 saturated heterocycles. The summed E-state index contributed by atoms with van der Waals surface area (Å²) in [4.78, 5) is 2.34. The van der Waals surface area contributed by atoms with Crippen molar-refractivity contribution in [3.63, 3.8) is 0 Å². The molecule has 2 atom stereocenters. The van der Waals surface area contributed by atoms with Crippen molar-refractivity contribution >= 4 is 0 Å². The zero-order chi connectivity index (χ0) is 12.3. The van der Waals surface area contributed by atoms with E-state index in [0.29, 0.717) is 5.75 Å². The molecule has 0 radical (unpaired) electrons. The van der Waals surface area contributed by atoms with E-state index in [1.165, 1.54) is 5.56 Å². The highest BCUT2D eigenvalue weighted by molar-refractivity contribution is 5.25. The average molecular weight is 236 g/mol. The van der Waals surface area contributed by atoms with Crippen LogP contribution in [0.5, 0.6) is 5.75 Å². The number of hydrogen-bond acceptors (Lipinski definition) is 4. The van der Waals surface area contributed by atoms with Crippen molar-refractivity contribution in [3.05, 3.63) is 29.8 Å². The van der Waals surface area contributed by atoms with Crippen molar-refractivity contribution in [2.45, 2.75) is 25.6 Å². The second kappa shape index (κ2) is 5.49. The molecule has 1 aromatic rings. The Bertz CT molecular complexity index is 351. The van der Waals surface area contributed by atoms with Gasteiger partial charge in [0.1, 0.15) is 5.75 Å². The quantitative estimate of drug-likeness (QED) is 0.820. The van der Waals surface area contributed by atoms with Gasteiger partial charge in [0, 0.05) is 25.7 Å². The van der Waals surface area contributed by atoms with Crippen LogP contribution in [-0.4, -0.2) is 41.8 Å². The number of rotatable bonds is 3. The zero-order valence-corrected chi connectivity index (χ0v) is 10.2. The van der Waals surface area contributed by atoms with Crippen LogP contribution in [0, 0.1) is 0 Å². The summed E-state index contributed by atoms with van der Waals surface area (Å²) in [6.45, 7) is 5.41. The molecule has 1 fully saturated rings. The van der Waals surface area contributed by atoms with Gasteiger partial charge >= 0.3 is 0 Å². The van der Waals surface area contributed by atoms with E-state index in [4.69, 9.17) is 10.5 Å². The van der Waals surface area contributed by atoms with Gasteiger partial charge in [0.05, 0.1) is 12.7 Å². The van der Waals surface area contributed by atoms with Gasteiger partial charge in [0.2, 0.25) is 0 Å². The van der Waals surface area contributed by atoms with Crippen LogP contribution in [0.2, 0.25) is 0 Å². The van der Waals surface area contributed by atoms with E-state index >= 15 is 0 Å². The monoisotopic (exact) mass is 236 g/mol. The zero-order valence-electron chi connectivity index (χ0n) is 10.2. The molecule has 0 saturated carbocycles. The molecule has 17 heavy (non-hydrogen) atoms. The Balaban J connectivity index is 1.92. The number of nitrogens with zero attached hydrogens (tertiary/aromatic N) is 1. The lowest BCUT2D eigenvalue weighted by Gasteiger charge is -2.34. The molecular weight excluding hydrogens is 216 g/mol. The van der Waals surface area contributed by atoms with E-state index in [9.17, 15) is 5.11 Å². The molecule has 1 aromatic carbocycles. The van der Waals surface area contributed by atoms with E-state index in [0.717, 1.165) is 26.2 Å². The Kier molecular flexibility index (Phi) is 3.99. The van der Waals surface area contributed by atoms with Gasteiger partial charge in [-0.15, -0.1) is 0 Å². The second-order valence-corrected chi connectivity index (χ2v) is 4.67. The molecule has 0 aromatic heterocycles. The predicted molar refractivity (Wildman–Crippen MR) is 66.8 cm³/mol. The van der Waals surface area contributed by atoms with Crippen molar-refractivity contribution in [1.82, 2.24) is 4.90 Å². The van der Waals surface area contributed by atoms with Crippen LogP contribution in [0.1, 0.15) is 12.5 Å². The Hall–Kier alpha value is -1.10. The Labute approximate surface area is 102 Å². The Morgan fingerprint density at radius 3 is 2.82 bits per heavy atom. The topological polar surface area (TPSA) is 58.7 Å². The van der Waals surface area contributed by atoms with Crippen molar-refractivity contribution in [3.8, 4) is 5.75 Å². The molecule has 1 aliphatic heterocycles. The van der Waals surface area contributed by atoms with Gasteiger partial charge < -0.3 is 15.6 Å². The third-order valence-corrected chi connectivity index (χ3v) is 3.11. The first-order chi connectivity index (χ1) is 8.15. The maximum atomic E-state index is 9.23. The van der Waals surface area contributed by atoms with E-state index in [2.05, 4.69) is 4.90 Å². The van der Waals surface area contributed by atoms with Gasteiger partial charge in [-0.1, -0.05) is 12.1 Å². The summed E-state index contributed by atoms with van der Waals surface area (Å²) in [7, 11) is 0. The number of morpholine rings is 1. The maximum Gasteiger partial charge on any atom is 0.115 e. The Morgan fingerprint density at radius 1 is 1.47 bits per heavy atom. The van der Waals surface area contributed by atoms with Gasteiger partial charge in [0.15, 0.2) is 0 Å². The molecule has 94 valence electrons. The van der Waals surface area contributed by atoms with Crippen LogP contribution in [0.4, 0.5) is 0 Å². The molecule has 1 aliphatic rings. The summed E-state index contributed by atoms with van der Waals surface area (Å²) in [6, 6.07) is 7.41. The number of aromatic hydroxyl groups is 1. The standard InChI is InChI=1S/C13H20N2O2/c1-10(14)13-9-15(6-7-17-13)8-11-2-4-12(16)5-3-11/h2-5,10,13,16H,6-9,14H2,1H3. The normalized spacial score (nSPS) is 23.5. The molecule has 3 N–H and O–H groups in total. The fraction of sp³-hybridized carbons (Fsp3) is 0.538. The molecule has 2 rings (SSSR count). The van der Waals surface area contributed by atoms with Crippen LogP contribution in [0.25, 0.3) is 0 Å². The third-order valence-electron chi connectivity index (χ3n) is 3.11. The number of ether oxygens (including phenoxy) is 1. The molecule has 1 heterocycles. The lowest BCUT2D eigenvalue weighted by molar-refractivity contribution is -0.0403. The largest absolute Gasteiger partial charge is 0.508 e. The number of phenolic OH excluding ortho intramolecular Hbond substituents is 1. The number of hydrogen-bond donors (Lipinski definition) is 2. The van der Waals surface area contributed by atoms with Crippen LogP contribution < -0.4 is 5.73 Å². The second-order valence-electron chi connectivity index (χ2n) is 4.67. The minimum Gasteiger partial charge on any atom is -0.508 e. The summed E-state index contributed by atoms with van der Waals surface area (Å²) >= 11 is 0. The van der Waals surface area contributed by atoms with Crippen molar-refractivity contribution in [2.75, 3.05) is 19.7 Å². The molecule has 0 bridgehead atoms. The predicted octanol–water partition coefficient (Wildman–Crippen LogP) is 0.940. The molecule has 2 unspecified atom stereocenters. The highest BCUT2D eigenvalue weighted by Crippen LogP contribution is 2.14. The van der Waals surface area contributed by atoms with Gasteiger partial charge in [-0.05, 0) is 24.6 Å². The van der Waals surface area contributed by atoms with Crippen LogP contribution in [0.3, 0.4) is 0 Å². The van der Waals surface area contributed by atoms with E-state index in [1.807, 2.05) is 19.1 Å². The Morgan fingerprint density at radius 2 is 2.18 bits per heavy atom. The van der Waals surface area contributed by atoms with E-state index < -0.39 is 0 Å². The van der Waals surface area contributed by atoms with Crippen molar-refractivity contribution in [1.29, 1.82) is 0 Å². The minimum atomic E-state index is 0.0672. The number of nitrogens with two attached hydrogens (primary N) is 1. The molecule has 0 spiro atoms. The van der Waals surface area contributed by atoms with E-state index in [1.54, 1.807) is 12.1 Å². The third kappa shape index (κ3) is 3.43. The van der Waals surface area contributed by atoms with Crippen LogP contribution >= 0.6 is 0 Å². The van der Waals surface area contributed by atoms with Gasteiger partial charge in [-0.25, -0.2) is 0 Å². The minimum absolute atomic E-state index is 0.0672. The summed E-state index contributed by atoms with van der Waals surface area (Å²) in [5.74, 6) is 0.309. The first-order valence-electron chi connectivity index (χ1n) is 6.02. The van der Waals surface area contributed by atoms with Gasteiger partial charge in [-0.3, -0.25) is 4.90 Å². The summed E-state index contributed by atoms with van der Waals surface area (Å²) in [5, 5.41) is 9.23. The summed E-state index contributed by atoms with van der Waals surface area (Å²) < 4.78 is 5.62. The van der Waals surface area contributed by atoms with E-state index in [-0.39, 0.29) is 12.1 Å². The lowest BCUT2D eigenvalue weighted by atomic mass is 10.1. The fourth-order valence-corrected chi connectivity index (χ4v) is 2.05. The molecular formula is C13H20N2O2. The fourth-order valence-electron chi connectivity index (χ4n) is 2.05. The van der Waals surface area contributed by atoms with Crippen molar-refractivity contribution < 1.29 is 9.84 Å². The first-order valence-corrected chi connectivity index (χ1v) is 6.02. The molecule has 0 amide bonds. The summed E-state index contributed by atoms with van der Waals surface area (Å²) in [5.41, 5.74) is 7.06. The molecule has 0 aliphatic carbocycles. The number of benzene rings is 1. The summed E-state index contributed by atoms with van der Waals surface area (Å²) in [6.07, 6.45) is 0.126. The highest BCUT2D eigenvalue weighted by atomic mass is 16.5. The van der Waals surface area contributed by atoms with Crippen LogP contribution in [0.15, 0.2) is 24.3 Å². The maximum absolute atomic E-state index is 9.23. The lowest BCUT2D eigenvalue weighted by Crippen LogP contribution is -2.49. The SMILES string of the molecule is CC(N)C1CN(Cc2ccc(O)cc2)CCO1. The highest BCUT2D eigenvalue weighted by Gasteiger charge is 2.23. The van der Waals surface area contributed by atoms with Crippen molar-refractivity contribution in [2.24, 2.45) is 5.73 Å². The first kappa shape index (κ1) is 12.4. The number of phenols is 1. The van der Waals surface area contributed by atoms with Crippen LogP contribution in [-0.2, 0) is 11.3 Å². The average Bonchev–Trinajstić information content (AvgIpc) is 2.32. The van der Waals surface area contributed by atoms with Gasteiger partial charge in [-0.2, -0.15) is 0 Å².